The Kier molecular flexibility index (Phi) is 1.39. The number of rotatable bonds is 2. The fraction of sp³-hybridized carbons (Fsp3) is 0.429. The molecule has 0 bridgehead atoms. The van der Waals surface area contributed by atoms with Gasteiger partial charge in [0.2, 0.25) is 0 Å². The largest absolute Gasteiger partial charge is 0.476 e. The van der Waals surface area contributed by atoms with Gasteiger partial charge >= 0.3 is 5.97 Å². The number of carboxylic acids is 1. The SMILES string of the molecule is O=C(O)c1cc([C@@H]2C[C@@H]2F)on1. The summed E-state index contributed by atoms with van der Waals surface area (Å²) in [7, 11) is 0. The third-order valence-electron chi connectivity index (χ3n) is 1.83. The van der Waals surface area contributed by atoms with Gasteiger partial charge in [-0.3, -0.25) is 0 Å². The second-order valence-electron chi connectivity index (χ2n) is 2.78. The van der Waals surface area contributed by atoms with Crippen LogP contribution in [-0.4, -0.2) is 22.4 Å². The highest BCUT2D eigenvalue weighted by Crippen LogP contribution is 2.43. The number of aromatic carboxylic acids is 1. The maximum absolute atomic E-state index is 12.4. The molecule has 12 heavy (non-hydrogen) atoms. The smallest absolute Gasteiger partial charge is 0.358 e. The van der Waals surface area contributed by atoms with Crippen LogP contribution in [0.2, 0.25) is 0 Å². The van der Waals surface area contributed by atoms with E-state index in [1.54, 1.807) is 0 Å². The van der Waals surface area contributed by atoms with Crippen molar-refractivity contribution in [1.29, 1.82) is 0 Å². The first-order valence-corrected chi connectivity index (χ1v) is 3.52. The molecule has 2 rings (SSSR count). The van der Waals surface area contributed by atoms with Crippen LogP contribution in [0.1, 0.15) is 28.6 Å². The Morgan fingerprint density at radius 3 is 2.92 bits per heavy atom. The van der Waals surface area contributed by atoms with Gasteiger partial charge in [0.15, 0.2) is 5.69 Å². The van der Waals surface area contributed by atoms with Crippen molar-refractivity contribution < 1.29 is 18.8 Å². The standard InChI is InChI=1S/C7H6FNO3/c8-4-1-3(4)6-2-5(7(10)11)9-12-6/h2-4H,1H2,(H,10,11)/t3-,4+/m1/s1. The van der Waals surface area contributed by atoms with Gasteiger partial charge in [0.1, 0.15) is 11.9 Å². The highest BCUT2D eigenvalue weighted by Gasteiger charge is 2.42. The third kappa shape index (κ3) is 1.07. The Morgan fingerprint density at radius 2 is 2.50 bits per heavy atom. The number of nitrogens with zero attached hydrogens (tertiary/aromatic N) is 1. The van der Waals surface area contributed by atoms with E-state index in [9.17, 15) is 9.18 Å². The van der Waals surface area contributed by atoms with E-state index in [4.69, 9.17) is 5.11 Å². The van der Waals surface area contributed by atoms with Gasteiger partial charge in [-0.15, -0.1) is 0 Å². The lowest BCUT2D eigenvalue weighted by Crippen LogP contribution is -1.94. The zero-order valence-electron chi connectivity index (χ0n) is 6.03. The summed E-state index contributed by atoms with van der Waals surface area (Å²) in [4.78, 5) is 10.3. The van der Waals surface area contributed by atoms with Crippen LogP contribution in [0.25, 0.3) is 0 Å². The normalized spacial score (nSPS) is 27.1. The quantitative estimate of drug-likeness (QED) is 0.726. The van der Waals surface area contributed by atoms with E-state index in [0.717, 1.165) is 0 Å². The molecule has 5 heteroatoms. The molecule has 1 aromatic rings. The summed E-state index contributed by atoms with van der Waals surface area (Å²) in [5.41, 5.74) is -0.163. The first kappa shape index (κ1) is 7.27. The van der Waals surface area contributed by atoms with E-state index in [2.05, 4.69) is 9.68 Å². The summed E-state index contributed by atoms with van der Waals surface area (Å²) in [6.07, 6.45) is -0.478. The van der Waals surface area contributed by atoms with Crippen LogP contribution in [0.3, 0.4) is 0 Å². The van der Waals surface area contributed by atoms with Crippen molar-refractivity contribution in [3.8, 4) is 0 Å². The van der Waals surface area contributed by atoms with E-state index in [0.29, 0.717) is 12.2 Å². The van der Waals surface area contributed by atoms with Crippen LogP contribution >= 0.6 is 0 Å². The minimum Gasteiger partial charge on any atom is -0.476 e. The summed E-state index contributed by atoms with van der Waals surface area (Å²) in [6.45, 7) is 0. The Balaban J connectivity index is 2.19. The van der Waals surface area contributed by atoms with Gasteiger partial charge in [0.05, 0.1) is 5.92 Å². The van der Waals surface area contributed by atoms with Crippen molar-refractivity contribution in [2.45, 2.75) is 18.5 Å². The maximum atomic E-state index is 12.4. The highest BCUT2D eigenvalue weighted by molar-refractivity contribution is 5.85. The number of hydrogen-bond donors (Lipinski definition) is 1. The van der Waals surface area contributed by atoms with Crippen molar-refractivity contribution in [2.75, 3.05) is 0 Å². The lowest BCUT2D eigenvalue weighted by Gasteiger charge is -1.82. The van der Waals surface area contributed by atoms with Crippen molar-refractivity contribution in [3.05, 3.63) is 17.5 Å². The van der Waals surface area contributed by atoms with Crippen LogP contribution in [0, 0.1) is 0 Å². The van der Waals surface area contributed by atoms with Crippen molar-refractivity contribution >= 4 is 5.97 Å². The molecule has 1 aromatic heterocycles. The summed E-state index contributed by atoms with van der Waals surface area (Å²) >= 11 is 0. The molecule has 4 nitrogen and oxygen atoms in total. The predicted molar refractivity (Wildman–Crippen MR) is 35.7 cm³/mol. The second-order valence-corrected chi connectivity index (χ2v) is 2.78. The number of aromatic nitrogens is 1. The molecule has 0 aliphatic heterocycles. The molecule has 1 N–H and O–H groups in total. The molecule has 64 valence electrons. The number of halogens is 1. The average molecular weight is 171 g/mol. The van der Waals surface area contributed by atoms with E-state index >= 15 is 0 Å². The molecule has 2 atom stereocenters. The molecule has 0 saturated heterocycles. The van der Waals surface area contributed by atoms with Crippen LogP contribution in [0.5, 0.6) is 0 Å². The minimum atomic E-state index is -1.15. The zero-order chi connectivity index (χ0) is 8.72. The van der Waals surface area contributed by atoms with Crippen molar-refractivity contribution in [3.63, 3.8) is 0 Å². The van der Waals surface area contributed by atoms with Crippen molar-refractivity contribution in [2.24, 2.45) is 0 Å². The molecule has 1 saturated carbocycles. The molecule has 0 radical (unpaired) electrons. The van der Waals surface area contributed by atoms with E-state index < -0.39 is 12.1 Å². The van der Waals surface area contributed by atoms with Crippen LogP contribution < -0.4 is 0 Å². The maximum Gasteiger partial charge on any atom is 0.358 e. The monoisotopic (exact) mass is 171 g/mol. The lowest BCUT2D eigenvalue weighted by molar-refractivity contribution is 0.0685. The average Bonchev–Trinajstić information content (AvgIpc) is 2.59. The highest BCUT2D eigenvalue weighted by atomic mass is 19.1. The van der Waals surface area contributed by atoms with Gasteiger partial charge in [0, 0.05) is 6.07 Å². The Labute approximate surface area is 67.0 Å². The molecule has 1 heterocycles. The molecular weight excluding hydrogens is 165 g/mol. The molecular formula is C7H6FNO3. The summed E-state index contributed by atoms with van der Waals surface area (Å²) in [6, 6.07) is 1.27. The zero-order valence-corrected chi connectivity index (χ0v) is 6.03. The first-order valence-electron chi connectivity index (χ1n) is 3.52. The predicted octanol–water partition coefficient (Wildman–Crippen LogP) is 1.20. The van der Waals surface area contributed by atoms with E-state index in [-0.39, 0.29) is 11.6 Å². The number of carbonyl (C=O) groups is 1. The van der Waals surface area contributed by atoms with E-state index in [1.165, 1.54) is 6.07 Å². The summed E-state index contributed by atoms with van der Waals surface area (Å²) in [5, 5.41) is 11.7. The van der Waals surface area contributed by atoms with Gasteiger partial charge < -0.3 is 9.63 Å². The number of carboxylic acid groups (broad SMARTS) is 1. The Bertz CT molecular complexity index is 322. The molecule has 0 aromatic carbocycles. The first-order chi connectivity index (χ1) is 5.68. The van der Waals surface area contributed by atoms with E-state index in [1.807, 2.05) is 0 Å². The van der Waals surface area contributed by atoms with Crippen LogP contribution in [0.15, 0.2) is 10.6 Å². The van der Waals surface area contributed by atoms with Gasteiger partial charge in [-0.05, 0) is 6.42 Å². The van der Waals surface area contributed by atoms with Crippen LogP contribution in [0.4, 0.5) is 4.39 Å². The van der Waals surface area contributed by atoms with Gasteiger partial charge in [-0.2, -0.15) is 0 Å². The molecule has 0 unspecified atom stereocenters. The minimum absolute atomic E-state index is 0.163. The third-order valence-corrected chi connectivity index (χ3v) is 1.83. The van der Waals surface area contributed by atoms with Crippen molar-refractivity contribution in [1.82, 2.24) is 5.16 Å². The van der Waals surface area contributed by atoms with Gasteiger partial charge in [-0.25, -0.2) is 9.18 Å². The summed E-state index contributed by atoms with van der Waals surface area (Å²) in [5.74, 6) is -1.09. The molecule has 1 fully saturated rings. The van der Waals surface area contributed by atoms with Crippen LogP contribution in [-0.2, 0) is 0 Å². The molecule has 0 spiro atoms. The lowest BCUT2D eigenvalue weighted by atomic mass is 10.3. The Morgan fingerprint density at radius 1 is 1.83 bits per heavy atom. The number of alkyl halides is 1. The fourth-order valence-electron chi connectivity index (χ4n) is 1.02. The molecule has 1 aliphatic carbocycles. The molecule has 1 aliphatic rings. The second kappa shape index (κ2) is 2.30. The van der Waals surface area contributed by atoms with Gasteiger partial charge in [-0.1, -0.05) is 5.16 Å². The van der Waals surface area contributed by atoms with Gasteiger partial charge in [0.25, 0.3) is 0 Å². The Hall–Kier alpha value is -1.39. The topological polar surface area (TPSA) is 63.3 Å². The fourth-order valence-corrected chi connectivity index (χ4v) is 1.02. The molecule has 0 amide bonds. The summed E-state index contributed by atoms with van der Waals surface area (Å²) < 4.78 is 17.1. The number of hydrogen-bond acceptors (Lipinski definition) is 3.